The zero-order chi connectivity index (χ0) is 16.2. The first-order chi connectivity index (χ1) is 11.1. The molecular formula is C19H20N2O2. The van der Waals surface area contributed by atoms with Gasteiger partial charge in [-0.3, -0.25) is 4.98 Å². The van der Waals surface area contributed by atoms with Crippen molar-refractivity contribution in [2.75, 3.05) is 0 Å². The van der Waals surface area contributed by atoms with Crippen LogP contribution < -0.4 is 0 Å². The molecule has 3 aromatic rings. The van der Waals surface area contributed by atoms with Gasteiger partial charge in [0.05, 0.1) is 18.4 Å². The van der Waals surface area contributed by atoms with Crippen molar-refractivity contribution in [2.24, 2.45) is 0 Å². The van der Waals surface area contributed by atoms with Gasteiger partial charge < -0.3 is 9.15 Å². The van der Waals surface area contributed by atoms with Gasteiger partial charge in [-0.1, -0.05) is 12.1 Å². The molecule has 0 aliphatic carbocycles. The highest BCUT2D eigenvalue weighted by molar-refractivity contribution is 5.55. The van der Waals surface area contributed by atoms with Gasteiger partial charge in [-0.2, -0.15) is 0 Å². The highest BCUT2D eigenvalue weighted by atomic mass is 16.5. The number of aromatic nitrogens is 2. The highest BCUT2D eigenvalue weighted by Gasteiger charge is 2.11. The maximum Gasteiger partial charge on any atom is 0.226 e. The fraction of sp³-hybridized carbons (Fsp3) is 0.263. The lowest BCUT2D eigenvalue weighted by molar-refractivity contribution is 0.0477. The average molecular weight is 308 g/mol. The van der Waals surface area contributed by atoms with E-state index < -0.39 is 0 Å². The van der Waals surface area contributed by atoms with E-state index in [4.69, 9.17) is 9.15 Å². The molecule has 0 unspecified atom stereocenters. The van der Waals surface area contributed by atoms with Gasteiger partial charge in [0.25, 0.3) is 0 Å². The van der Waals surface area contributed by atoms with Gasteiger partial charge in [-0.05, 0) is 56.2 Å². The minimum atomic E-state index is -0.0852. The Morgan fingerprint density at radius 3 is 2.74 bits per heavy atom. The quantitative estimate of drug-likeness (QED) is 0.689. The van der Waals surface area contributed by atoms with E-state index in [-0.39, 0.29) is 6.10 Å². The molecular weight excluding hydrogens is 288 g/mol. The van der Waals surface area contributed by atoms with Gasteiger partial charge in [0.2, 0.25) is 5.89 Å². The molecule has 3 rings (SSSR count). The lowest BCUT2D eigenvalue weighted by Gasteiger charge is -2.10. The second-order valence-electron chi connectivity index (χ2n) is 5.65. The van der Waals surface area contributed by atoms with E-state index in [0.29, 0.717) is 12.5 Å². The van der Waals surface area contributed by atoms with Gasteiger partial charge >= 0.3 is 0 Å². The van der Waals surface area contributed by atoms with Crippen LogP contribution in [-0.2, 0) is 11.3 Å². The lowest BCUT2D eigenvalue weighted by Crippen LogP contribution is -2.02. The molecule has 0 bridgehead atoms. The van der Waals surface area contributed by atoms with Gasteiger partial charge in [-0.25, -0.2) is 4.98 Å². The second kappa shape index (κ2) is 6.75. The number of aryl methyl sites for hydroxylation is 2. The second-order valence-corrected chi connectivity index (χ2v) is 5.65. The standard InChI is InChI=1S/C19H20N2O2/c1-13-7-8-16(10-14(13)2)19-21-17(12-23-19)11-22-15(3)18-6-4-5-9-20-18/h4-10,12,15H,11H2,1-3H3/t15-/m0/s1. The topological polar surface area (TPSA) is 48.2 Å². The van der Waals surface area contributed by atoms with Crippen LogP contribution in [0.1, 0.15) is 35.5 Å². The van der Waals surface area contributed by atoms with E-state index >= 15 is 0 Å². The van der Waals surface area contributed by atoms with Crippen molar-refractivity contribution < 1.29 is 9.15 Å². The van der Waals surface area contributed by atoms with E-state index in [0.717, 1.165) is 17.0 Å². The molecule has 0 saturated heterocycles. The molecule has 2 aromatic heterocycles. The summed E-state index contributed by atoms with van der Waals surface area (Å²) in [5.74, 6) is 0.622. The molecule has 2 heterocycles. The Bertz CT molecular complexity index is 781. The largest absolute Gasteiger partial charge is 0.444 e. The predicted octanol–water partition coefficient (Wildman–Crippen LogP) is 4.63. The molecule has 0 spiro atoms. The Morgan fingerprint density at radius 2 is 2.00 bits per heavy atom. The SMILES string of the molecule is Cc1ccc(-c2nc(CO[C@@H](C)c3ccccn3)co2)cc1C. The van der Waals surface area contributed by atoms with Crippen molar-refractivity contribution in [3.63, 3.8) is 0 Å². The number of pyridine rings is 1. The number of nitrogens with zero attached hydrogens (tertiary/aromatic N) is 2. The molecule has 1 aromatic carbocycles. The number of benzene rings is 1. The summed E-state index contributed by atoms with van der Waals surface area (Å²) in [4.78, 5) is 8.80. The highest BCUT2D eigenvalue weighted by Crippen LogP contribution is 2.23. The molecule has 0 N–H and O–H groups in total. The molecule has 0 radical (unpaired) electrons. The summed E-state index contributed by atoms with van der Waals surface area (Å²) in [6.07, 6.45) is 3.33. The van der Waals surface area contributed by atoms with Gasteiger partial charge in [-0.15, -0.1) is 0 Å². The maximum atomic E-state index is 5.82. The summed E-state index contributed by atoms with van der Waals surface area (Å²) in [6.45, 7) is 6.55. The summed E-state index contributed by atoms with van der Waals surface area (Å²) < 4.78 is 11.4. The van der Waals surface area contributed by atoms with Gasteiger partial charge in [0.1, 0.15) is 12.0 Å². The third-order valence-electron chi connectivity index (χ3n) is 3.89. The zero-order valence-corrected chi connectivity index (χ0v) is 13.6. The number of hydrogen-bond acceptors (Lipinski definition) is 4. The van der Waals surface area contributed by atoms with Crippen LogP contribution in [0.5, 0.6) is 0 Å². The number of oxazole rings is 1. The van der Waals surface area contributed by atoms with E-state index in [1.165, 1.54) is 11.1 Å². The van der Waals surface area contributed by atoms with E-state index in [1.54, 1.807) is 12.5 Å². The fourth-order valence-corrected chi connectivity index (χ4v) is 2.29. The van der Waals surface area contributed by atoms with Crippen LogP contribution in [-0.4, -0.2) is 9.97 Å². The molecule has 0 fully saturated rings. The Labute approximate surface area is 136 Å². The maximum absolute atomic E-state index is 5.82. The van der Waals surface area contributed by atoms with Crippen molar-refractivity contribution in [2.45, 2.75) is 33.5 Å². The van der Waals surface area contributed by atoms with E-state index in [1.807, 2.05) is 31.2 Å². The molecule has 4 nitrogen and oxygen atoms in total. The van der Waals surface area contributed by atoms with Gasteiger partial charge in [0, 0.05) is 11.8 Å². The van der Waals surface area contributed by atoms with Crippen LogP contribution in [0, 0.1) is 13.8 Å². The predicted molar refractivity (Wildman–Crippen MR) is 88.9 cm³/mol. The molecule has 0 amide bonds. The molecule has 23 heavy (non-hydrogen) atoms. The summed E-state index contributed by atoms with van der Waals surface area (Å²) in [5, 5.41) is 0. The first kappa shape index (κ1) is 15.4. The fourth-order valence-electron chi connectivity index (χ4n) is 2.29. The molecule has 0 aliphatic heterocycles. The van der Waals surface area contributed by atoms with Crippen molar-refractivity contribution in [3.8, 4) is 11.5 Å². The van der Waals surface area contributed by atoms with Crippen LogP contribution >= 0.6 is 0 Å². The van der Waals surface area contributed by atoms with Crippen LogP contribution in [0.4, 0.5) is 0 Å². The molecule has 0 saturated carbocycles. The van der Waals surface area contributed by atoms with Crippen LogP contribution in [0.2, 0.25) is 0 Å². The normalized spacial score (nSPS) is 12.3. The first-order valence-corrected chi connectivity index (χ1v) is 7.68. The number of rotatable bonds is 5. The number of hydrogen-bond donors (Lipinski definition) is 0. The molecule has 1 atom stereocenters. The third kappa shape index (κ3) is 3.66. The number of ether oxygens (including phenoxy) is 1. The zero-order valence-electron chi connectivity index (χ0n) is 13.6. The van der Waals surface area contributed by atoms with Crippen molar-refractivity contribution in [1.29, 1.82) is 0 Å². The Morgan fingerprint density at radius 1 is 1.13 bits per heavy atom. The Balaban J connectivity index is 1.66. The summed E-state index contributed by atoms with van der Waals surface area (Å²) in [7, 11) is 0. The summed E-state index contributed by atoms with van der Waals surface area (Å²) >= 11 is 0. The van der Waals surface area contributed by atoms with Crippen molar-refractivity contribution in [1.82, 2.24) is 9.97 Å². The van der Waals surface area contributed by atoms with Gasteiger partial charge in [0.15, 0.2) is 0 Å². The smallest absolute Gasteiger partial charge is 0.226 e. The van der Waals surface area contributed by atoms with Crippen LogP contribution in [0.3, 0.4) is 0 Å². The monoisotopic (exact) mass is 308 g/mol. The molecule has 4 heteroatoms. The van der Waals surface area contributed by atoms with E-state index in [2.05, 4.69) is 35.9 Å². The first-order valence-electron chi connectivity index (χ1n) is 7.68. The Hall–Kier alpha value is -2.46. The van der Waals surface area contributed by atoms with Crippen molar-refractivity contribution in [3.05, 3.63) is 71.4 Å². The summed E-state index contributed by atoms with van der Waals surface area (Å²) in [5.41, 5.74) is 5.15. The Kier molecular flexibility index (Phi) is 4.53. The third-order valence-corrected chi connectivity index (χ3v) is 3.89. The van der Waals surface area contributed by atoms with Crippen LogP contribution in [0.25, 0.3) is 11.5 Å². The van der Waals surface area contributed by atoms with E-state index in [9.17, 15) is 0 Å². The molecule has 118 valence electrons. The minimum Gasteiger partial charge on any atom is -0.444 e. The lowest BCUT2D eigenvalue weighted by atomic mass is 10.1. The van der Waals surface area contributed by atoms with Crippen LogP contribution in [0.15, 0.2) is 53.3 Å². The summed E-state index contributed by atoms with van der Waals surface area (Å²) in [6, 6.07) is 12.0. The van der Waals surface area contributed by atoms with Crippen molar-refractivity contribution >= 4 is 0 Å². The molecule has 0 aliphatic rings. The minimum absolute atomic E-state index is 0.0852. The average Bonchev–Trinajstić information content (AvgIpc) is 3.05.